The van der Waals surface area contributed by atoms with Crippen LogP contribution in [-0.4, -0.2) is 17.0 Å². The first kappa shape index (κ1) is 11.0. The van der Waals surface area contributed by atoms with Crippen LogP contribution < -0.4 is 0 Å². The zero-order valence-electron chi connectivity index (χ0n) is 9.05. The van der Waals surface area contributed by atoms with Crippen molar-refractivity contribution in [3.05, 3.63) is 0 Å². The third-order valence-electron chi connectivity index (χ3n) is 3.06. The average molecular weight is 186 g/mol. The molecule has 1 atom stereocenters. The maximum atomic E-state index is 9.20. The van der Waals surface area contributed by atoms with Crippen LogP contribution in [-0.2, 0) is 4.74 Å². The molecule has 2 nitrogen and oxygen atoms in total. The van der Waals surface area contributed by atoms with Crippen molar-refractivity contribution in [2.75, 3.05) is 0 Å². The second kappa shape index (κ2) is 4.43. The molecule has 1 rings (SSSR count). The molecule has 78 valence electrons. The van der Waals surface area contributed by atoms with E-state index in [-0.39, 0.29) is 5.60 Å². The van der Waals surface area contributed by atoms with Gasteiger partial charge in [-0.25, -0.2) is 0 Å². The number of hydrogen-bond acceptors (Lipinski definition) is 2. The monoisotopic (exact) mass is 186 g/mol. The summed E-state index contributed by atoms with van der Waals surface area (Å²) in [6, 6.07) is 0. The molecule has 0 saturated heterocycles. The lowest BCUT2D eigenvalue weighted by atomic mass is 9.79. The summed E-state index contributed by atoms with van der Waals surface area (Å²) in [5.41, 5.74) is -0.158. The molecule has 1 aliphatic carbocycles. The van der Waals surface area contributed by atoms with Crippen LogP contribution in [0.2, 0.25) is 0 Å². The van der Waals surface area contributed by atoms with Gasteiger partial charge in [-0.05, 0) is 39.5 Å². The van der Waals surface area contributed by atoms with E-state index in [0.717, 1.165) is 0 Å². The fourth-order valence-electron chi connectivity index (χ4n) is 2.33. The molecule has 1 fully saturated rings. The van der Waals surface area contributed by atoms with E-state index in [0.29, 0.717) is 5.92 Å². The molecule has 0 aliphatic heterocycles. The van der Waals surface area contributed by atoms with E-state index in [2.05, 4.69) is 13.8 Å². The van der Waals surface area contributed by atoms with Crippen LogP contribution in [0.15, 0.2) is 0 Å². The summed E-state index contributed by atoms with van der Waals surface area (Å²) in [5.74, 6) is 0.621. The first-order valence-electron chi connectivity index (χ1n) is 5.38. The largest absolute Gasteiger partial charge is 0.368 e. The topological polar surface area (TPSA) is 29.5 Å². The molecule has 1 saturated carbocycles. The number of aliphatic hydroxyl groups excluding tert-OH is 1. The summed E-state index contributed by atoms with van der Waals surface area (Å²) in [5, 5.41) is 9.20. The molecular formula is C11H22O2. The molecule has 0 amide bonds. The van der Waals surface area contributed by atoms with Gasteiger partial charge in [-0.1, -0.05) is 19.3 Å². The van der Waals surface area contributed by atoms with Crippen molar-refractivity contribution in [2.45, 2.75) is 64.8 Å². The van der Waals surface area contributed by atoms with Gasteiger partial charge < -0.3 is 9.84 Å². The molecule has 13 heavy (non-hydrogen) atoms. The fourth-order valence-corrected chi connectivity index (χ4v) is 2.33. The Kier molecular flexibility index (Phi) is 3.74. The molecule has 1 N–H and O–H groups in total. The number of ether oxygens (including phenoxy) is 1. The van der Waals surface area contributed by atoms with E-state index in [9.17, 15) is 5.11 Å². The van der Waals surface area contributed by atoms with Crippen molar-refractivity contribution in [2.24, 2.45) is 5.92 Å². The van der Waals surface area contributed by atoms with Gasteiger partial charge in [-0.2, -0.15) is 0 Å². The van der Waals surface area contributed by atoms with E-state index in [1.165, 1.54) is 32.1 Å². The normalized spacial score (nSPS) is 23.1. The summed E-state index contributed by atoms with van der Waals surface area (Å²) in [4.78, 5) is 0. The lowest BCUT2D eigenvalue weighted by Crippen LogP contribution is -2.38. The summed E-state index contributed by atoms with van der Waals surface area (Å²) in [6.45, 7) is 5.87. The molecule has 0 aromatic rings. The quantitative estimate of drug-likeness (QED) is 0.687. The van der Waals surface area contributed by atoms with E-state index in [1.807, 2.05) is 0 Å². The van der Waals surface area contributed by atoms with Crippen molar-refractivity contribution >= 4 is 0 Å². The van der Waals surface area contributed by atoms with Crippen molar-refractivity contribution in [3.8, 4) is 0 Å². The van der Waals surface area contributed by atoms with E-state index in [1.54, 1.807) is 6.92 Å². The van der Waals surface area contributed by atoms with Crippen LogP contribution >= 0.6 is 0 Å². The third-order valence-corrected chi connectivity index (χ3v) is 3.06. The lowest BCUT2D eigenvalue weighted by Gasteiger charge is -2.37. The Bertz CT molecular complexity index is 146. The smallest absolute Gasteiger partial charge is 0.152 e. The molecule has 1 aliphatic rings. The highest BCUT2D eigenvalue weighted by molar-refractivity contribution is 4.82. The molecule has 0 spiro atoms. The maximum Gasteiger partial charge on any atom is 0.152 e. The van der Waals surface area contributed by atoms with Gasteiger partial charge in [-0.3, -0.25) is 0 Å². The highest BCUT2D eigenvalue weighted by atomic mass is 16.6. The summed E-state index contributed by atoms with van der Waals surface area (Å²) in [6.07, 6.45) is 5.85. The van der Waals surface area contributed by atoms with E-state index >= 15 is 0 Å². The van der Waals surface area contributed by atoms with Gasteiger partial charge >= 0.3 is 0 Å². The number of hydrogen-bond donors (Lipinski definition) is 1. The highest BCUT2D eigenvalue weighted by Gasteiger charge is 2.32. The molecule has 0 heterocycles. The summed E-state index contributed by atoms with van der Waals surface area (Å²) in [7, 11) is 0. The Morgan fingerprint density at radius 1 is 1.23 bits per heavy atom. The second-order valence-corrected chi connectivity index (χ2v) is 4.66. The van der Waals surface area contributed by atoms with Gasteiger partial charge in [0.15, 0.2) is 6.29 Å². The molecule has 0 aromatic carbocycles. The van der Waals surface area contributed by atoms with Gasteiger partial charge in [-0.15, -0.1) is 0 Å². The zero-order chi connectivity index (χ0) is 9.90. The third kappa shape index (κ3) is 3.28. The first-order chi connectivity index (χ1) is 6.02. The Labute approximate surface area is 81.3 Å². The average Bonchev–Trinajstić information content (AvgIpc) is 2.04. The Hall–Kier alpha value is -0.0800. The van der Waals surface area contributed by atoms with Crippen molar-refractivity contribution in [1.82, 2.24) is 0 Å². The lowest BCUT2D eigenvalue weighted by molar-refractivity contribution is -0.186. The maximum absolute atomic E-state index is 9.20. The molecule has 2 heteroatoms. The summed E-state index contributed by atoms with van der Waals surface area (Å²) < 4.78 is 5.53. The van der Waals surface area contributed by atoms with Crippen LogP contribution in [0.3, 0.4) is 0 Å². The minimum absolute atomic E-state index is 0.158. The number of rotatable bonds is 3. The molecule has 0 radical (unpaired) electrons. The van der Waals surface area contributed by atoms with Crippen LogP contribution in [0.1, 0.15) is 52.9 Å². The summed E-state index contributed by atoms with van der Waals surface area (Å²) >= 11 is 0. The predicted molar refractivity (Wildman–Crippen MR) is 53.4 cm³/mol. The van der Waals surface area contributed by atoms with Crippen LogP contribution in [0.5, 0.6) is 0 Å². The van der Waals surface area contributed by atoms with Crippen LogP contribution in [0.4, 0.5) is 0 Å². The Morgan fingerprint density at radius 2 is 1.77 bits per heavy atom. The van der Waals surface area contributed by atoms with Gasteiger partial charge in [0.2, 0.25) is 0 Å². The minimum Gasteiger partial charge on any atom is -0.368 e. The van der Waals surface area contributed by atoms with Gasteiger partial charge in [0.05, 0.1) is 5.60 Å². The predicted octanol–water partition coefficient (Wildman–Crippen LogP) is 2.70. The van der Waals surface area contributed by atoms with Gasteiger partial charge in [0.1, 0.15) is 0 Å². The van der Waals surface area contributed by atoms with Crippen molar-refractivity contribution in [3.63, 3.8) is 0 Å². The molecule has 1 unspecified atom stereocenters. The van der Waals surface area contributed by atoms with Crippen molar-refractivity contribution < 1.29 is 9.84 Å². The second-order valence-electron chi connectivity index (χ2n) is 4.66. The highest BCUT2D eigenvalue weighted by Crippen LogP contribution is 2.35. The zero-order valence-corrected chi connectivity index (χ0v) is 9.05. The van der Waals surface area contributed by atoms with Gasteiger partial charge in [0, 0.05) is 0 Å². The Balaban J connectivity index is 2.45. The van der Waals surface area contributed by atoms with Crippen LogP contribution in [0, 0.1) is 5.92 Å². The first-order valence-corrected chi connectivity index (χ1v) is 5.38. The molecular weight excluding hydrogens is 164 g/mol. The number of aliphatic hydroxyl groups is 1. The van der Waals surface area contributed by atoms with Crippen LogP contribution in [0.25, 0.3) is 0 Å². The fraction of sp³-hybridized carbons (Fsp3) is 1.00. The van der Waals surface area contributed by atoms with E-state index < -0.39 is 6.29 Å². The Morgan fingerprint density at radius 3 is 2.23 bits per heavy atom. The minimum atomic E-state index is -0.642. The van der Waals surface area contributed by atoms with Gasteiger partial charge in [0.25, 0.3) is 0 Å². The molecule has 0 bridgehead atoms. The molecule has 0 aromatic heterocycles. The standard InChI is InChI=1S/C11H22O2/c1-9(12)13-11(2,3)10-7-5-4-6-8-10/h9-10,12H,4-8H2,1-3H3. The van der Waals surface area contributed by atoms with E-state index in [4.69, 9.17) is 4.74 Å². The van der Waals surface area contributed by atoms with Crippen molar-refractivity contribution in [1.29, 1.82) is 0 Å². The SMILES string of the molecule is CC(O)OC(C)(C)C1CCCCC1.